The zero-order chi connectivity index (χ0) is 22.5. The van der Waals surface area contributed by atoms with E-state index in [1.54, 1.807) is 24.0 Å². The summed E-state index contributed by atoms with van der Waals surface area (Å²) in [5.41, 5.74) is 2.89. The number of carbonyl (C=O) groups excluding carboxylic acids is 2. The number of nitrogens with zero attached hydrogens (tertiary/aromatic N) is 2. The number of anilines is 2. The molecule has 2 amide bonds. The van der Waals surface area contributed by atoms with Crippen LogP contribution >= 0.6 is 0 Å². The van der Waals surface area contributed by atoms with Crippen LogP contribution in [0.2, 0.25) is 0 Å². The maximum absolute atomic E-state index is 13.3. The average Bonchev–Trinajstić information content (AvgIpc) is 2.67. The van der Waals surface area contributed by atoms with Crippen molar-refractivity contribution in [3.63, 3.8) is 0 Å². The molecule has 0 radical (unpaired) electrons. The quantitative estimate of drug-likeness (QED) is 0.708. The summed E-state index contributed by atoms with van der Waals surface area (Å²) in [6.45, 7) is 8.20. The zero-order valence-electron chi connectivity index (χ0n) is 18.8. The predicted molar refractivity (Wildman–Crippen MR) is 120 cm³/mol. The normalized spacial score (nSPS) is 11.2. The summed E-state index contributed by atoms with van der Waals surface area (Å²) >= 11 is 0. The molecule has 0 saturated carbocycles. The molecule has 0 unspecified atom stereocenters. The van der Waals surface area contributed by atoms with E-state index in [0.29, 0.717) is 25.2 Å². The van der Waals surface area contributed by atoms with E-state index < -0.39 is 5.41 Å². The number of carbonyl (C=O) groups is 2. The van der Waals surface area contributed by atoms with Gasteiger partial charge >= 0.3 is 0 Å². The van der Waals surface area contributed by atoms with Crippen LogP contribution in [0, 0.1) is 11.2 Å². The van der Waals surface area contributed by atoms with E-state index >= 15 is 0 Å². The first-order valence-corrected chi connectivity index (χ1v) is 10.1. The minimum atomic E-state index is -0.563. The van der Waals surface area contributed by atoms with Crippen LogP contribution in [-0.4, -0.2) is 30.8 Å². The minimum absolute atomic E-state index is 0.000437. The van der Waals surface area contributed by atoms with Crippen LogP contribution in [0.5, 0.6) is 0 Å². The molecule has 30 heavy (non-hydrogen) atoms. The number of rotatable bonds is 7. The fourth-order valence-electron chi connectivity index (χ4n) is 3.17. The number of halogens is 1. The number of nitrogens with one attached hydrogen (secondary N) is 1. The van der Waals surface area contributed by atoms with Crippen LogP contribution < -0.4 is 10.2 Å². The van der Waals surface area contributed by atoms with Gasteiger partial charge in [0, 0.05) is 50.4 Å². The molecule has 6 heteroatoms. The lowest BCUT2D eigenvalue weighted by Gasteiger charge is -2.31. The lowest BCUT2D eigenvalue weighted by molar-refractivity contribution is -0.140. The Bertz CT molecular complexity index is 886. The molecule has 0 heterocycles. The first kappa shape index (κ1) is 23.4. The molecule has 2 rings (SSSR count). The average molecular weight is 414 g/mol. The van der Waals surface area contributed by atoms with E-state index in [4.69, 9.17) is 0 Å². The largest absolute Gasteiger partial charge is 0.377 e. The molecule has 0 spiro atoms. The van der Waals surface area contributed by atoms with Gasteiger partial charge in [-0.05, 0) is 41.5 Å². The van der Waals surface area contributed by atoms with Crippen molar-refractivity contribution < 1.29 is 14.0 Å². The molecule has 162 valence electrons. The van der Waals surface area contributed by atoms with E-state index in [1.807, 2.05) is 58.0 Å². The number of benzene rings is 2. The van der Waals surface area contributed by atoms with E-state index in [0.717, 1.165) is 16.8 Å². The molecule has 0 aliphatic carbocycles. The molecular formula is C24H32FN3O2. The SMILES string of the molecule is CCC(=O)Nc1ccc(N(C)C)c(CN(Cc2ccc(F)cc2)C(=O)C(C)(C)C)c1. The Kier molecular flexibility index (Phi) is 7.59. The standard InChI is InChI=1S/C24H32FN3O2/c1-7-22(29)26-20-12-13-21(27(5)6)18(14-20)16-28(23(30)24(2,3)4)15-17-8-10-19(25)11-9-17/h8-14H,7,15-16H2,1-6H3,(H,26,29). The van der Waals surface area contributed by atoms with Gasteiger partial charge in [-0.25, -0.2) is 4.39 Å². The van der Waals surface area contributed by atoms with Gasteiger partial charge in [-0.3, -0.25) is 9.59 Å². The van der Waals surface area contributed by atoms with Gasteiger partial charge in [-0.15, -0.1) is 0 Å². The summed E-state index contributed by atoms with van der Waals surface area (Å²) in [7, 11) is 3.89. The van der Waals surface area contributed by atoms with Crippen LogP contribution in [0.1, 0.15) is 45.2 Å². The molecule has 1 N–H and O–H groups in total. The third kappa shape index (κ3) is 6.31. The Hall–Kier alpha value is -2.89. The van der Waals surface area contributed by atoms with Gasteiger partial charge in [0.2, 0.25) is 11.8 Å². The first-order chi connectivity index (χ1) is 14.0. The smallest absolute Gasteiger partial charge is 0.228 e. The molecule has 0 aliphatic rings. The Morgan fingerprint density at radius 3 is 2.17 bits per heavy atom. The monoisotopic (exact) mass is 413 g/mol. The van der Waals surface area contributed by atoms with Gasteiger partial charge in [0.25, 0.3) is 0 Å². The van der Waals surface area contributed by atoms with Crippen molar-refractivity contribution in [3.8, 4) is 0 Å². The number of amides is 2. The molecule has 2 aromatic rings. The van der Waals surface area contributed by atoms with Crippen LogP contribution in [0.3, 0.4) is 0 Å². The lowest BCUT2D eigenvalue weighted by atomic mass is 9.94. The van der Waals surface area contributed by atoms with Crippen LogP contribution in [-0.2, 0) is 22.7 Å². The minimum Gasteiger partial charge on any atom is -0.377 e. The van der Waals surface area contributed by atoms with Crippen molar-refractivity contribution in [2.45, 2.75) is 47.2 Å². The Morgan fingerprint density at radius 1 is 1.00 bits per heavy atom. The van der Waals surface area contributed by atoms with Crippen LogP contribution in [0.4, 0.5) is 15.8 Å². The summed E-state index contributed by atoms with van der Waals surface area (Å²) in [5, 5.41) is 2.88. The Morgan fingerprint density at radius 2 is 1.63 bits per heavy atom. The maximum atomic E-state index is 13.3. The number of hydrogen-bond acceptors (Lipinski definition) is 3. The summed E-state index contributed by atoms with van der Waals surface area (Å²) in [6, 6.07) is 11.9. The van der Waals surface area contributed by atoms with Gasteiger partial charge < -0.3 is 15.1 Å². The first-order valence-electron chi connectivity index (χ1n) is 10.1. The van der Waals surface area contributed by atoms with Crippen molar-refractivity contribution in [1.82, 2.24) is 4.90 Å². The van der Waals surface area contributed by atoms with Gasteiger partial charge in [0.15, 0.2) is 0 Å². The fourth-order valence-corrected chi connectivity index (χ4v) is 3.17. The highest BCUT2D eigenvalue weighted by Gasteiger charge is 2.28. The molecule has 0 fully saturated rings. The van der Waals surface area contributed by atoms with E-state index in [2.05, 4.69) is 5.32 Å². The van der Waals surface area contributed by atoms with Gasteiger partial charge in [-0.1, -0.05) is 39.8 Å². The van der Waals surface area contributed by atoms with Crippen LogP contribution in [0.15, 0.2) is 42.5 Å². The number of hydrogen-bond donors (Lipinski definition) is 1. The molecule has 5 nitrogen and oxygen atoms in total. The Balaban J connectivity index is 2.41. The summed E-state index contributed by atoms with van der Waals surface area (Å²) in [6.07, 6.45) is 0.393. The molecule has 0 aliphatic heterocycles. The highest BCUT2D eigenvalue weighted by molar-refractivity contribution is 5.91. The molecule has 0 aromatic heterocycles. The topological polar surface area (TPSA) is 52.7 Å². The van der Waals surface area contributed by atoms with E-state index in [1.165, 1.54) is 12.1 Å². The van der Waals surface area contributed by atoms with Gasteiger partial charge in [0.05, 0.1) is 0 Å². The highest BCUT2D eigenvalue weighted by atomic mass is 19.1. The predicted octanol–water partition coefficient (Wildman–Crippen LogP) is 4.82. The highest BCUT2D eigenvalue weighted by Crippen LogP contribution is 2.28. The molecule has 2 aromatic carbocycles. The summed E-state index contributed by atoms with van der Waals surface area (Å²) < 4.78 is 13.3. The summed E-state index contributed by atoms with van der Waals surface area (Å²) in [4.78, 5) is 28.8. The lowest BCUT2D eigenvalue weighted by Crippen LogP contribution is -2.38. The van der Waals surface area contributed by atoms with E-state index in [9.17, 15) is 14.0 Å². The summed E-state index contributed by atoms with van der Waals surface area (Å²) in [5.74, 6) is -0.367. The molecule has 0 saturated heterocycles. The fraction of sp³-hybridized carbons (Fsp3) is 0.417. The van der Waals surface area contributed by atoms with Crippen LogP contribution in [0.25, 0.3) is 0 Å². The van der Waals surface area contributed by atoms with Gasteiger partial charge in [0.1, 0.15) is 5.82 Å². The van der Waals surface area contributed by atoms with Crippen molar-refractivity contribution >= 4 is 23.2 Å². The van der Waals surface area contributed by atoms with Crippen molar-refractivity contribution in [3.05, 3.63) is 59.4 Å². The van der Waals surface area contributed by atoms with E-state index in [-0.39, 0.29) is 17.6 Å². The zero-order valence-corrected chi connectivity index (χ0v) is 18.8. The van der Waals surface area contributed by atoms with Gasteiger partial charge in [-0.2, -0.15) is 0 Å². The van der Waals surface area contributed by atoms with Crippen molar-refractivity contribution in [2.75, 3.05) is 24.3 Å². The second-order valence-corrected chi connectivity index (χ2v) is 8.68. The molecular weight excluding hydrogens is 381 g/mol. The third-order valence-electron chi connectivity index (χ3n) is 4.74. The maximum Gasteiger partial charge on any atom is 0.228 e. The molecule has 0 atom stereocenters. The molecule has 0 bridgehead atoms. The van der Waals surface area contributed by atoms with Crippen molar-refractivity contribution in [1.29, 1.82) is 0 Å². The van der Waals surface area contributed by atoms with Crippen molar-refractivity contribution in [2.24, 2.45) is 5.41 Å². The third-order valence-corrected chi connectivity index (χ3v) is 4.74. The Labute approximate surface area is 178 Å². The second kappa shape index (κ2) is 9.74. The second-order valence-electron chi connectivity index (χ2n) is 8.68.